The molecule has 0 radical (unpaired) electrons. The number of halogens is 2. The van der Waals surface area contributed by atoms with Crippen LogP contribution in [0.5, 0.6) is 0 Å². The summed E-state index contributed by atoms with van der Waals surface area (Å²) in [5.74, 6) is 3.54. The zero-order chi connectivity index (χ0) is 28.0. The lowest BCUT2D eigenvalue weighted by Gasteiger charge is -2.09. The van der Waals surface area contributed by atoms with E-state index in [4.69, 9.17) is 5.53 Å². The number of imidazole rings is 2. The Morgan fingerprint density at radius 1 is 0.756 bits per heavy atom. The van der Waals surface area contributed by atoms with Gasteiger partial charge < -0.3 is 35.4 Å². The Morgan fingerprint density at radius 3 is 1.78 bits per heavy atom. The molecule has 4 aromatic rings. The molecule has 0 atom stereocenters. The van der Waals surface area contributed by atoms with Crippen LogP contribution in [0.3, 0.4) is 0 Å². The van der Waals surface area contributed by atoms with Crippen LogP contribution >= 0.6 is 21.6 Å². The fraction of sp³-hybridized carbons (Fsp3) is 0.333. The molecular formula is C27H38Cl2N10S2. The van der Waals surface area contributed by atoms with Crippen molar-refractivity contribution < 1.29 is 33.9 Å². The Morgan fingerprint density at radius 2 is 1.27 bits per heavy atom. The number of hydrogen-bond donors (Lipinski definition) is 3. The quantitative estimate of drug-likeness (QED) is 0.0882. The molecule has 0 aliphatic heterocycles. The highest BCUT2D eigenvalue weighted by Crippen LogP contribution is 2.27. The first-order valence-corrected chi connectivity index (χ1v) is 15.1. The minimum Gasteiger partial charge on any atom is -1.00 e. The Kier molecular flexibility index (Phi) is 16.8. The van der Waals surface area contributed by atoms with E-state index in [1.807, 2.05) is 108 Å². The summed E-state index contributed by atoms with van der Waals surface area (Å²) in [5, 5.41) is 19.1. The molecule has 0 spiro atoms. The summed E-state index contributed by atoms with van der Waals surface area (Å²) < 4.78 is 7.46. The molecule has 0 saturated heterocycles. The molecule has 14 heteroatoms. The summed E-state index contributed by atoms with van der Waals surface area (Å²) in [7, 11) is 11.4. The van der Waals surface area contributed by atoms with Gasteiger partial charge in [0.05, 0.1) is 58.7 Å². The molecule has 0 unspecified atom stereocenters. The Hall–Kier alpha value is -3.06. The predicted molar refractivity (Wildman–Crippen MR) is 162 cm³/mol. The first-order valence-electron chi connectivity index (χ1n) is 12.6. The molecule has 2 aromatic heterocycles. The molecule has 0 fully saturated rings. The lowest BCUT2D eigenvalue weighted by atomic mass is 10.2. The zero-order valence-electron chi connectivity index (χ0n) is 24.0. The number of aromatic nitrogens is 4. The molecule has 10 nitrogen and oxygen atoms in total. The Labute approximate surface area is 262 Å². The molecule has 0 aliphatic carbocycles. The largest absolute Gasteiger partial charge is 1.00 e. The number of nitrogens with one attached hydrogen (secondary N) is 3. The minimum atomic E-state index is 0. The predicted octanol–water partition coefficient (Wildman–Crippen LogP) is -0.00111. The van der Waals surface area contributed by atoms with Crippen molar-refractivity contribution in [2.75, 3.05) is 35.2 Å². The maximum atomic E-state index is 6.73. The van der Waals surface area contributed by atoms with Gasteiger partial charge in [-0.3, -0.25) is 0 Å². The van der Waals surface area contributed by atoms with E-state index in [2.05, 4.69) is 57.2 Å². The van der Waals surface area contributed by atoms with Gasteiger partial charge in [-0.15, -0.1) is 5.53 Å². The maximum absolute atomic E-state index is 6.73. The molecule has 3 N–H and O–H groups in total. The van der Waals surface area contributed by atoms with E-state index in [-0.39, 0.29) is 24.8 Å². The molecule has 0 saturated carbocycles. The monoisotopic (exact) mass is 636 g/mol. The van der Waals surface area contributed by atoms with Crippen molar-refractivity contribution in [1.82, 2.24) is 9.13 Å². The van der Waals surface area contributed by atoms with E-state index >= 15 is 0 Å². The summed E-state index contributed by atoms with van der Waals surface area (Å²) in [6.07, 6.45) is 7.63. The number of anilines is 2. The van der Waals surface area contributed by atoms with Gasteiger partial charge in [0.1, 0.15) is 5.69 Å². The molecule has 2 aromatic carbocycles. The summed E-state index contributed by atoms with van der Waals surface area (Å²) in [6, 6.07) is 16.4. The summed E-state index contributed by atoms with van der Waals surface area (Å²) in [5.41, 5.74) is 11.1. The normalized spacial score (nSPS) is 10.3. The standard InChI is InChI=1S/C22H28N6S2.C5H9N4.2ClH/c1-18-8-4-5-9-19(18)23-12-16-29-30-17-13-24-20-10-6-7-11-21(20)25-26-22-27(2)14-15-28(22)3;1-8-3-4-9(2)5(8)7-6;;/h4-11,14-15,23H,12-13,16-17H2,1-3H3;3-4,6H,1-2H3;2*1H/q;+1;;/p-1. The Balaban J connectivity index is 0.000000654. The third-order valence-corrected chi connectivity index (χ3v) is 8.18. The highest BCUT2D eigenvalue weighted by Gasteiger charge is 2.11. The van der Waals surface area contributed by atoms with Gasteiger partial charge in [0, 0.05) is 40.5 Å². The van der Waals surface area contributed by atoms with Crippen molar-refractivity contribution in [3.8, 4) is 0 Å². The Bertz CT molecular complexity index is 1330. The van der Waals surface area contributed by atoms with Crippen LogP contribution in [-0.4, -0.2) is 33.7 Å². The molecule has 2 heterocycles. The molecule has 0 amide bonds. The molecule has 0 aliphatic rings. The van der Waals surface area contributed by atoms with Crippen molar-refractivity contribution in [2.45, 2.75) is 6.92 Å². The van der Waals surface area contributed by atoms with Gasteiger partial charge in [0.2, 0.25) is 0 Å². The van der Waals surface area contributed by atoms with Gasteiger partial charge in [-0.2, -0.15) is 0 Å². The maximum Gasteiger partial charge on any atom is 0.421 e. The number of hydrogen-bond acceptors (Lipinski definition) is 8. The lowest BCUT2D eigenvalue weighted by Crippen LogP contribution is -3.00. The number of para-hydroxylation sites is 2. The molecule has 0 bridgehead atoms. The van der Waals surface area contributed by atoms with Crippen LogP contribution in [0.1, 0.15) is 5.56 Å². The smallest absolute Gasteiger partial charge is 0.421 e. The highest BCUT2D eigenvalue weighted by molar-refractivity contribution is 8.76. The number of azo groups is 1. The average Bonchev–Trinajstić information content (AvgIpc) is 3.44. The summed E-state index contributed by atoms with van der Waals surface area (Å²) >= 11 is 0. The second kappa shape index (κ2) is 19.1. The van der Waals surface area contributed by atoms with E-state index < -0.39 is 0 Å². The third kappa shape index (κ3) is 11.4. The summed E-state index contributed by atoms with van der Waals surface area (Å²) in [6.45, 7) is 3.98. The van der Waals surface area contributed by atoms with Crippen molar-refractivity contribution >= 4 is 50.5 Å². The van der Waals surface area contributed by atoms with Crippen LogP contribution in [0.25, 0.3) is 0 Å². The number of aryl methyl sites for hydroxylation is 5. The second-order valence-electron chi connectivity index (χ2n) is 8.78. The molecular weight excluding hydrogens is 599 g/mol. The van der Waals surface area contributed by atoms with Crippen LogP contribution in [0.2, 0.25) is 0 Å². The van der Waals surface area contributed by atoms with Gasteiger partial charge in [0.15, 0.2) is 0 Å². The van der Waals surface area contributed by atoms with Gasteiger partial charge in [0.25, 0.3) is 0 Å². The van der Waals surface area contributed by atoms with Gasteiger partial charge in [-0.1, -0.05) is 57.0 Å². The lowest BCUT2D eigenvalue weighted by molar-refractivity contribution is -0.657. The topological polar surface area (TPSA) is 103 Å². The first kappa shape index (κ1) is 36.0. The minimum absolute atomic E-state index is 0. The van der Waals surface area contributed by atoms with Crippen molar-refractivity contribution in [2.24, 2.45) is 43.5 Å². The fourth-order valence-electron chi connectivity index (χ4n) is 3.62. The fourth-order valence-corrected chi connectivity index (χ4v) is 5.43. The van der Waals surface area contributed by atoms with Gasteiger partial charge in [-0.25, -0.2) is 18.3 Å². The number of nitrogens with zero attached hydrogens (tertiary/aromatic N) is 7. The average molecular weight is 638 g/mol. The van der Waals surface area contributed by atoms with Crippen LogP contribution < -0.4 is 44.6 Å². The zero-order valence-corrected chi connectivity index (χ0v) is 27.1. The number of rotatable bonds is 12. The van der Waals surface area contributed by atoms with Crippen molar-refractivity contribution in [3.63, 3.8) is 0 Å². The third-order valence-electron chi connectivity index (χ3n) is 5.77. The highest BCUT2D eigenvalue weighted by atomic mass is 35.5. The van der Waals surface area contributed by atoms with E-state index in [0.717, 1.165) is 41.9 Å². The van der Waals surface area contributed by atoms with Gasteiger partial charge >= 0.3 is 11.9 Å². The van der Waals surface area contributed by atoms with Crippen LogP contribution in [0.4, 0.5) is 29.0 Å². The van der Waals surface area contributed by atoms with Crippen LogP contribution in [0, 0.1) is 12.5 Å². The van der Waals surface area contributed by atoms with Crippen molar-refractivity contribution in [3.05, 3.63) is 78.9 Å². The second-order valence-corrected chi connectivity index (χ2v) is 11.5. The van der Waals surface area contributed by atoms with E-state index in [0.29, 0.717) is 5.95 Å². The van der Waals surface area contributed by atoms with Crippen molar-refractivity contribution in [1.29, 1.82) is 5.53 Å². The molecule has 222 valence electrons. The van der Waals surface area contributed by atoms with Gasteiger partial charge in [-0.05, 0) is 30.7 Å². The first-order chi connectivity index (χ1) is 18.9. The van der Waals surface area contributed by atoms with E-state index in [1.54, 1.807) is 9.13 Å². The van der Waals surface area contributed by atoms with Crippen LogP contribution in [0.15, 0.2) is 88.7 Å². The molecule has 4 rings (SSSR count). The molecule has 41 heavy (non-hydrogen) atoms. The number of benzene rings is 2. The van der Waals surface area contributed by atoms with Crippen LogP contribution in [-0.2, 0) is 28.2 Å². The SMILES string of the molecule is Cc1ccccc1NCCSSCCNc1ccccc1N=Nc1n(C)cc[n+]1C.Cn1cc[n+](C)c1N=N.[Cl-].[Cl-]. The summed E-state index contributed by atoms with van der Waals surface area (Å²) in [4.78, 5) is 0. The van der Waals surface area contributed by atoms with E-state index in [9.17, 15) is 0 Å². The van der Waals surface area contributed by atoms with E-state index in [1.165, 1.54) is 11.3 Å².